The largest absolute Gasteiger partial charge is 0.444 e. The fourth-order valence-electron chi connectivity index (χ4n) is 3.44. The molecule has 0 radical (unpaired) electrons. The van der Waals surface area contributed by atoms with E-state index in [1.807, 2.05) is 39.8 Å². The summed E-state index contributed by atoms with van der Waals surface area (Å²) >= 11 is 0. The van der Waals surface area contributed by atoms with Crippen LogP contribution in [0.4, 0.5) is 4.79 Å². The van der Waals surface area contributed by atoms with Crippen molar-refractivity contribution in [1.82, 2.24) is 4.90 Å². The lowest BCUT2D eigenvalue weighted by atomic mass is 9.93. The van der Waals surface area contributed by atoms with Crippen molar-refractivity contribution in [3.05, 3.63) is 58.7 Å². The third-order valence-electron chi connectivity index (χ3n) is 5.09. The van der Waals surface area contributed by atoms with E-state index in [2.05, 4.69) is 39.0 Å². The van der Waals surface area contributed by atoms with Crippen molar-refractivity contribution in [2.24, 2.45) is 11.7 Å². The van der Waals surface area contributed by atoms with Crippen LogP contribution in [0.5, 0.6) is 0 Å². The molecular weight excluding hydrogens is 388 g/mol. The van der Waals surface area contributed by atoms with Crippen molar-refractivity contribution < 1.29 is 14.3 Å². The number of amides is 2. The molecule has 0 spiro atoms. The Morgan fingerprint density at radius 3 is 2.06 bits per heavy atom. The van der Waals surface area contributed by atoms with E-state index < -0.39 is 11.5 Å². The highest BCUT2D eigenvalue weighted by Crippen LogP contribution is 2.28. The molecule has 5 heteroatoms. The molecule has 2 aromatic rings. The fourth-order valence-corrected chi connectivity index (χ4v) is 3.44. The van der Waals surface area contributed by atoms with Gasteiger partial charge in [0, 0.05) is 18.7 Å². The highest BCUT2D eigenvalue weighted by Gasteiger charge is 2.22. The topological polar surface area (TPSA) is 72.6 Å². The first-order valence-electron chi connectivity index (χ1n) is 10.9. The number of carbonyl (C=O) groups excluding carboxylic acids is 2. The summed E-state index contributed by atoms with van der Waals surface area (Å²) in [6, 6.07) is 11.8. The summed E-state index contributed by atoms with van der Waals surface area (Å²) in [5, 5.41) is 0. The standard InChI is InChI=1S/C26H36N2O3/c1-17(2)12-13-28(25(30)31-26(5,6)7)16-20-8-10-22(18(3)14-20)23-11-9-21(24(27)29)15-19(23)4/h8-11,14-15,17H,12-13,16H2,1-7H3,(H2,27,29). The van der Waals surface area contributed by atoms with Gasteiger partial charge in [-0.2, -0.15) is 0 Å². The molecule has 0 fully saturated rings. The minimum atomic E-state index is -0.526. The molecule has 0 aromatic heterocycles. The number of hydrogen-bond acceptors (Lipinski definition) is 3. The summed E-state index contributed by atoms with van der Waals surface area (Å²) in [5.41, 5.74) is 10.7. The van der Waals surface area contributed by atoms with Gasteiger partial charge in [-0.1, -0.05) is 38.1 Å². The van der Waals surface area contributed by atoms with Crippen LogP contribution in [0.25, 0.3) is 11.1 Å². The predicted molar refractivity (Wildman–Crippen MR) is 126 cm³/mol. The number of nitrogens with two attached hydrogens (primary N) is 1. The summed E-state index contributed by atoms with van der Waals surface area (Å²) in [4.78, 5) is 26.0. The average Bonchev–Trinajstić information content (AvgIpc) is 2.64. The first kappa shape index (κ1) is 24.4. The predicted octanol–water partition coefficient (Wildman–Crippen LogP) is 5.85. The van der Waals surface area contributed by atoms with Crippen LogP contribution >= 0.6 is 0 Å². The number of aryl methyl sites for hydroxylation is 2. The Morgan fingerprint density at radius 2 is 1.58 bits per heavy atom. The van der Waals surface area contributed by atoms with Crippen LogP contribution in [0.15, 0.2) is 36.4 Å². The van der Waals surface area contributed by atoms with Gasteiger partial charge < -0.3 is 15.4 Å². The zero-order valence-electron chi connectivity index (χ0n) is 19.9. The van der Waals surface area contributed by atoms with Crippen molar-refractivity contribution in [3.8, 4) is 11.1 Å². The number of primary amides is 1. The van der Waals surface area contributed by atoms with E-state index in [0.29, 0.717) is 24.6 Å². The Hall–Kier alpha value is -2.82. The number of benzene rings is 2. The van der Waals surface area contributed by atoms with Gasteiger partial charge in [-0.15, -0.1) is 0 Å². The van der Waals surface area contributed by atoms with Crippen LogP contribution in [0.3, 0.4) is 0 Å². The quantitative estimate of drug-likeness (QED) is 0.606. The minimum Gasteiger partial charge on any atom is -0.444 e. The Morgan fingerprint density at radius 1 is 1.00 bits per heavy atom. The van der Waals surface area contributed by atoms with E-state index in [0.717, 1.165) is 34.2 Å². The first-order valence-corrected chi connectivity index (χ1v) is 10.9. The smallest absolute Gasteiger partial charge is 0.410 e. The maximum atomic E-state index is 12.7. The van der Waals surface area contributed by atoms with Crippen molar-refractivity contribution in [3.63, 3.8) is 0 Å². The summed E-state index contributed by atoms with van der Waals surface area (Å²) in [6.45, 7) is 15.2. The number of nitrogens with zero attached hydrogens (tertiary/aromatic N) is 1. The summed E-state index contributed by atoms with van der Waals surface area (Å²) < 4.78 is 5.62. The van der Waals surface area contributed by atoms with Crippen LogP contribution < -0.4 is 5.73 Å². The third-order valence-corrected chi connectivity index (χ3v) is 5.09. The average molecular weight is 425 g/mol. The zero-order chi connectivity index (χ0) is 23.3. The first-order chi connectivity index (χ1) is 14.4. The molecule has 2 N–H and O–H groups in total. The van der Waals surface area contributed by atoms with Crippen LogP contribution in [0.1, 0.15) is 68.1 Å². The van der Waals surface area contributed by atoms with E-state index in [-0.39, 0.29) is 6.09 Å². The Bertz CT molecular complexity index is 942. The highest BCUT2D eigenvalue weighted by molar-refractivity contribution is 5.93. The molecule has 168 valence electrons. The number of ether oxygens (including phenoxy) is 1. The summed E-state index contributed by atoms with van der Waals surface area (Å²) in [5.74, 6) is 0.0748. The Kier molecular flexibility index (Phi) is 7.88. The van der Waals surface area contributed by atoms with E-state index >= 15 is 0 Å². The van der Waals surface area contributed by atoms with Crippen molar-refractivity contribution in [1.29, 1.82) is 0 Å². The third kappa shape index (κ3) is 7.12. The summed E-state index contributed by atoms with van der Waals surface area (Å²) in [6.07, 6.45) is 0.634. The van der Waals surface area contributed by atoms with E-state index in [1.165, 1.54) is 0 Å². The van der Waals surface area contributed by atoms with E-state index in [1.54, 1.807) is 11.0 Å². The molecule has 2 amide bonds. The molecule has 0 aliphatic rings. The molecule has 0 unspecified atom stereocenters. The molecule has 31 heavy (non-hydrogen) atoms. The lowest BCUT2D eigenvalue weighted by Gasteiger charge is -2.28. The second-order valence-electron chi connectivity index (χ2n) is 9.63. The molecular formula is C26H36N2O3. The van der Waals surface area contributed by atoms with Gasteiger partial charge in [0.05, 0.1) is 0 Å². The minimum absolute atomic E-state index is 0.284. The molecule has 0 aliphatic carbocycles. The Labute approximate surface area is 186 Å². The van der Waals surface area contributed by atoms with Gasteiger partial charge in [0.2, 0.25) is 5.91 Å². The maximum Gasteiger partial charge on any atom is 0.410 e. The molecule has 0 saturated heterocycles. The van der Waals surface area contributed by atoms with E-state index in [4.69, 9.17) is 10.5 Å². The fraction of sp³-hybridized carbons (Fsp3) is 0.462. The zero-order valence-corrected chi connectivity index (χ0v) is 19.9. The maximum absolute atomic E-state index is 12.7. The second kappa shape index (κ2) is 9.99. The lowest BCUT2D eigenvalue weighted by molar-refractivity contribution is 0.0225. The number of hydrogen-bond donors (Lipinski definition) is 1. The number of carbonyl (C=O) groups is 2. The van der Waals surface area contributed by atoms with Gasteiger partial charge in [0.25, 0.3) is 0 Å². The van der Waals surface area contributed by atoms with Gasteiger partial charge in [-0.3, -0.25) is 4.79 Å². The molecule has 0 heterocycles. The van der Waals surface area contributed by atoms with Crippen molar-refractivity contribution in [2.75, 3.05) is 6.54 Å². The Balaban J connectivity index is 2.27. The molecule has 2 rings (SSSR count). The van der Waals surface area contributed by atoms with Gasteiger partial charge in [-0.25, -0.2) is 4.79 Å². The molecule has 0 atom stereocenters. The van der Waals surface area contributed by atoms with Crippen LogP contribution in [0.2, 0.25) is 0 Å². The van der Waals surface area contributed by atoms with Gasteiger partial charge in [-0.05, 0) is 86.9 Å². The van der Waals surface area contributed by atoms with E-state index in [9.17, 15) is 9.59 Å². The van der Waals surface area contributed by atoms with Gasteiger partial charge >= 0.3 is 6.09 Å². The van der Waals surface area contributed by atoms with Crippen LogP contribution in [0, 0.1) is 19.8 Å². The SMILES string of the molecule is Cc1cc(CN(CCC(C)C)C(=O)OC(C)(C)C)ccc1-c1ccc(C(N)=O)cc1C. The molecule has 5 nitrogen and oxygen atoms in total. The second-order valence-corrected chi connectivity index (χ2v) is 9.63. The summed E-state index contributed by atoms with van der Waals surface area (Å²) in [7, 11) is 0. The van der Waals surface area contributed by atoms with Gasteiger partial charge in [0.1, 0.15) is 5.60 Å². The molecule has 0 aliphatic heterocycles. The monoisotopic (exact) mass is 424 g/mol. The highest BCUT2D eigenvalue weighted by atomic mass is 16.6. The normalized spacial score (nSPS) is 11.5. The molecule has 2 aromatic carbocycles. The molecule has 0 bridgehead atoms. The molecule has 0 saturated carbocycles. The van der Waals surface area contributed by atoms with Crippen LogP contribution in [-0.4, -0.2) is 29.0 Å². The lowest BCUT2D eigenvalue weighted by Crippen LogP contribution is -2.37. The number of rotatable bonds is 7. The van der Waals surface area contributed by atoms with Crippen LogP contribution in [-0.2, 0) is 11.3 Å². The van der Waals surface area contributed by atoms with Crippen molar-refractivity contribution >= 4 is 12.0 Å². The van der Waals surface area contributed by atoms with Crippen molar-refractivity contribution in [2.45, 2.75) is 67.0 Å². The van der Waals surface area contributed by atoms with Gasteiger partial charge in [0.15, 0.2) is 0 Å².